The minimum atomic E-state index is -0.785. The maximum absolute atomic E-state index is 11.7. The fourth-order valence-corrected chi connectivity index (χ4v) is 2.97. The van der Waals surface area contributed by atoms with Gasteiger partial charge in [-0.3, -0.25) is 14.7 Å². The van der Waals surface area contributed by atoms with Gasteiger partial charge in [-0.1, -0.05) is 6.92 Å². The monoisotopic (exact) mass is 277 g/mol. The highest BCUT2D eigenvalue weighted by molar-refractivity contribution is 5.75. The lowest BCUT2D eigenvalue weighted by Crippen LogP contribution is -2.54. The third kappa shape index (κ3) is 3.35. The zero-order chi connectivity index (χ0) is 14.5. The zero-order valence-electron chi connectivity index (χ0n) is 12.2. The molecule has 1 aliphatic rings. The zero-order valence-corrected chi connectivity index (χ0v) is 12.2. The van der Waals surface area contributed by atoms with E-state index in [2.05, 4.69) is 28.6 Å². The van der Waals surface area contributed by atoms with Crippen molar-refractivity contribution in [3.8, 4) is 0 Å². The Kier molecular flexibility index (Phi) is 5.09. The molecule has 1 aromatic rings. The van der Waals surface area contributed by atoms with Gasteiger partial charge in [0.2, 0.25) is 0 Å². The summed E-state index contributed by atoms with van der Waals surface area (Å²) >= 11 is 0. The minimum absolute atomic E-state index is 0.240. The van der Waals surface area contributed by atoms with Gasteiger partial charge in [0.1, 0.15) is 6.04 Å². The third-order valence-corrected chi connectivity index (χ3v) is 3.89. The predicted molar refractivity (Wildman–Crippen MR) is 77.5 cm³/mol. The number of hydrogen-bond donors (Lipinski definition) is 1. The number of aliphatic carboxylic acids is 1. The first-order valence-corrected chi connectivity index (χ1v) is 7.24. The molecular weight excluding hydrogens is 254 g/mol. The molecule has 2 rings (SSSR count). The predicted octanol–water partition coefficient (Wildman–Crippen LogP) is 1.62. The standard InChI is InChI=1S/C15H23N3O2/c1-3-8-17-9-10-18(12(2)11-17)14(15(19)20)13-4-6-16-7-5-13/h4-7,12,14H,3,8-11H2,1-2H3,(H,19,20). The molecule has 2 heterocycles. The van der Waals surface area contributed by atoms with E-state index < -0.39 is 12.0 Å². The van der Waals surface area contributed by atoms with Crippen LogP contribution in [0.1, 0.15) is 31.9 Å². The molecule has 1 aromatic heterocycles. The molecule has 20 heavy (non-hydrogen) atoms. The summed E-state index contributed by atoms with van der Waals surface area (Å²) in [6.07, 6.45) is 4.45. The second kappa shape index (κ2) is 6.81. The highest BCUT2D eigenvalue weighted by Gasteiger charge is 2.34. The molecule has 0 amide bonds. The Morgan fingerprint density at radius 3 is 2.70 bits per heavy atom. The second-order valence-corrected chi connectivity index (χ2v) is 5.41. The van der Waals surface area contributed by atoms with Crippen LogP contribution in [0.5, 0.6) is 0 Å². The van der Waals surface area contributed by atoms with Crippen molar-refractivity contribution in [3.63, 3.8) is 0 Å². The van der Waals surface area contributed by atoms with Crippen molar-refractivity contribution >= 4 is 5.97 Å². The third-order valence-electron chi connectivity index (χ3n) is 3.89. The molecule has 0 bridgehead atoms. The lowest BCUT2D eigenvalue weighted by Gasteiger charge is -2.42. The van der Waals surface area contributed by atoms with Crippen molar-refractivity contribution < 1.29 is 9.90 Å². The van der Waals surface area contributed by atoms with Gasteiger partial charge in [-0.15, -0.1) is 0 Å². The quantitative estimate of drug-likeness (QED) is 0.886. The number of rotatable bonds is 5. The number of carbonyl (C=O) groups is 1. The van der Waals surface area contributed by atoms with E-state index >= 15 is 0 Å². The number of carboxylic acid groups (broad SMARTS) is 1. The van der Waals surface area contributed by atoms with Gasteiger partial charge >= 0.3 is 5.97 Å². The molecular formula is C15H23N3O2. The average molecular weight is 277 g/mol. The summed E-state index contributed by atoms with van der Waals surface area (Å²) in [6.45, 7) is 8.04. The van der Waals surface area contributed by atoms with Crippen LogP contribution in [0.3, 0.4) is 0 Å². The van der Waals surface area contributed by atoms with Gasteiger partial charge in [0, 0.05) is 38.1 Å². The number of pyridine rings is 1. The van der Waals surface area contributed by atoms with Gasteiger partial charge in [-0.05, 0) is 37.6 Å². The van der Waals surface area contributed by atoms with Crippen LogP contribution in [0.4, 0.5) is 0 Å². The molecule has 1 saturated heterocycles. The van der Waals surface area contributed by atoms with Crippen molar-refractivity contribution in [2.45, 2.75) is 32.4 Å². The van der Waals surface area contributed by atoms with Crippen molar-refractivity contribution in [1.82, 2.24) is 14.8 Å². The van der Waals surface area contributed by atoms with Crippen LogP contribution in [-0.2, 0) is 4.79 Å². The lowest BCUT2D eigenvalue weighted by molar-refractivity contribution is -0.145. The number of nitrogens with zero attached hydrogens (tertiary/aromatic N) is 3. The highest BCUT2D eigenvalue weighted by Crippen LogP contribution is 2.25. The maximum Gasteiger partial charge on any atom is 0.325 e. The molecule has 0 aliphatic carbocycles. The summed E-state index contributed by atoms with van der Waals surface area (Å²) in [6, 6.07) is 3.26. The minimum Gasteiger partial charge on any atom is -0.480 e. The van der Waals surface area contributed by atoms with Gasteiger partial charge in [-0.25, -0.2) is 0 Å². The Hall–Kier alpha value is -1.46. The van der Waals surface area contributed by atoms with E-state index in [4.69, 9.17) is 0 Å². The number of carboxylic acids is 1. The molecule has 0 saturated carbocycles. The second-order valence-electron chi connectivity index (χ2n) is 5.41. The maximum atomic E-state index is 11.7. The summed E-state index contributed by atoms with van der Waals surface area (Å²) in [5.41, 5.74) is 0.809. The van der Waals surface area contributed by atoms with Crippen LogP contribution in [-0.4, -0.2) is 58.1 Å². The molecule has 1 fully saturated rings. The van der Waals surface area contributed by atoms with Crippen LogP contribution < -0.4 is 0 Å². The summed E-state index contributed by atoms with van der Waals surface area (Å²) < 4.78 is 0. The topological polar surface area (TPSA) is 56.7 Å². The van der Waals surface area contributed by atoms with E-state index in [9.17, 15) is 9.90 Å². The first-order valence-electron chi connectivity index (χ1n) is 7.24. The Morgan fingerprint density at radius 1 is 1.45 bits per heavy atom. The molecule has 2 unspecified atom stereocenters. The lowest BCUT2D eigenvalue weighted by atomic mass is 10.0. The molecule has 0 aromatic carbocycles. The first kappa shape index (κ1) is 14.9. The molecule has 5 nitrogen and oxygen atoms in total. The molecule has 0 spiro atoms. The van der Waals surface area contributed by atoms with Crippen molar-refractivity contribution in [2.24, 2.45) is 0 Å². The molecule has 0 radical (unpaired) electrons. The van der Waals surface area contributed by atoms with Crippen LogP contribution in [0.15, 0.2) is 24.5 Å². The van der Waals surface area contributed by atoms with E-state index in [1.807, 2.05) is 0 Å². The van der Waals surface area contributed by atoms with Crippen molar-refractivity contribution in [2.75, 3.05) is 26.2 Å². The Balaban J connectivity index is 2.13. The normalized spacial score (nSPS) is 22.6. The SMILES string of the molecule is CCCN1CCN(C(C(=O)O)c2ccncc2)C(C)C1. The van der Waals surface area contributed by atoms with E-state index in [1.54, 1.807) is 24.5 Å². The number of aromatic nitrogens is 1. The summed E-state index contributed by atoms with van der Waals surface area (Å²) in [7, 11) is 0. The Bertz CT molecular complexity index is 438. The van der Waals surface area contributed by atoms with Gasteiger partial charge in [0.25, 0.3) is 0 Å². The largest absolute Gasteiger partial charge is 0.480 e. The van der Waals surface area contributed by atoms with Gasteiger partial charge in [0.05, 0.1) is 0 Å². The summed E-state index contributed by atoms with van der Waals surface area (Å²) in [5, 5.41) is 9.59. The summed E-state index contributed by atoms with van der Waals surface area (Å²) in [5.74, 6) is -0.785. The van der Waals surface area contributed by atoms with E-state index in [0.717, 1.165) is 38.2 Å². The summed E-state index contributed by atoms with van der Waals surface area (Å²) in [4.78, 5) is 20.1. The molecule has 1 N–H and O–H groups in total. The van der Waals surface area contributed by atoms with Crippen molar-refractivity contribution in [1.29, 1.82) is 0 Å². The average Bonchev–Trinajstić information content (AvgIpc) is 2.43. The Morgan fingerprint density at radius 2 is 2.15 bits per heavy atom. The van der Waals surface area contributed by atoms with Gasteiger partial charge in [0.15, 0.2) is 0 Å². The van der Waals surface area contributed by atoms with E-state index in [1.165, 1.54) is 0 Å². The van der Waals surface area contributed by atoms with Gasteiger partial charge in [-0.2, -0.15) is 0 Å². The first-order chi connectivity index (χ1) is 9.63. The van der Waals surface area contributed by atoms with E-state index in [-0.39, 0.29) is 6.04 Å². The van der Waals surface area contributed by atoms with Crippen molar-refractivity contribution in [3.05, 3.63) is 30.1 Å². The van der Waals surface area contributed by atoms with Crippen LogP contribution in [0.2, 0.25) is 0 Å². The fraction of sp³-hybridized carbons (Fsp3) is 0.600. The molecule has 1 aliphatic heterocycles. The highest BCUT2D eigenvalue weighted by atomic mass is 16.4. The van der Waals surface area contributed by atoms with Crippen LogP contribution >= 0.6 is 0 Å². The molecule has 5 heteroatoms. The molecule has 110 valence electrons. The van der Waals surface area contributed by atoms with Crippen LogP contribution in [0, 0.1) is 0 Å². The van der Waals surface area contributed by atoms with Gasteiger partial charge < -0.3 is 10.0 Å². The van der Waals surface area contributed by atoms with Crippen LogP contribution in [0.25, 0.3) is 0 Å². The smallest absolute Gasteiger partial charge is 0.325 e. The Labute approximate surface area is 120 Å². The molecule has 2 atom stereocenters. The number of piperazine rings is 1. The fourth-order valence-electron chi connectivity index (χ4n) is 2.97. The van der Waals surface area contributed by atoms with E-state index in [0.29, 0.717) is 0 Å². The number of hydrogen-bond acceptors (Lipinski definition) is 4.